The third-order valence-corrected chi connectivity index (χ3v) is 2.09. The van der Waals surface area contributed by atoms with Gasteiger partial charge in [-0.05, 0) is 12.0 Å². The number of aliphatic hydroxyl groups excluding tert-OH is 1. The molecule has 0 aromatic rings. The van der Waals surface area contributed by atoms with Crippen molar-refractivity contribution in [2.45, 2.75) is 40.7 Å². The van der Waals surface area contributed by atoms with E-state index < -0.39 is 0 Å². The SMILES string of the molecule is CC(C)(C)C(O)C(C)(C)CN. The summed E-state index contributed by atoms with van der Waals surface area (Å²) < 4.78 is 0. The molecule has 0 fully saturated rings. The first-order valence-electron chi connectivity index (χ1n) is 4.10. The van der Waals surface area contributed by atoms with E-state index in [0.717, 1.165) is 0 Å². The van der Waals surface area contributed by atoms with Crippen molar-refractivity contribution >= 4 is 0 Å². The lowest BCUT2D eigenvalue weighted by Gasteiger charge is -2.38. The van der Waals surface area contributed by atoms with Crippen LogP contribution in [0.5, 0.6) is 0 Å². The van der Waals surface area contributed by atoms with E-state index in [9.17, 15) is 5.11 Å². The van der Waals surface area contributed by atoms with E-state index in [-0.39, 0.29) is 16.9 Å². The Morgan fingerprint density at radius 1 is 1.18 bits per heavy atom. The Kier molecular flexibility index (Phi) is 3.09. The van der Waals surface area contributed by atoms with E-state index in [1.54, 1.807) is 0 Å². The van der Waals surface area contributed by atoms with Crippen LogP contribution in [0.25, 0.3) is 0 Å². The molecule has 0 aromatic heterocycles. The van der Waals surface area contributed by atoms with Crippen LogP contribution in [0.15, 0.2) is 0 Å². The topological polar surface area (TPSA) is 46.2 Å². The first-order chi connectivity index (χ1) is 4.72. The molecule has 0 aliphatic rings. The second-order valence-electron chi connectivity index (χ2n) is 4.96. The molecular weight excluding hydrogens is 138 g/mol. The molecule has 0 radical (unpaired) electrons. The van der Waals surface area contributed by atoms with Crippen LogP contribution in [0.3, 0.4) is 0 Å². The van der Waals surface area contributed by atoms with Crippen molar-refractivity contribution in [3.05, 3.63) is 0 Å². The summed E-state index contributed by atoms with van der Waals surface area (Å²) in [5, 5.41) is 9.83. The molecule has 0 rings (SSSR count). The molecule has 3 N–H and O–H groups in total. The maximum Gasteiger partial charge on any atom is 0.0651 e. The minimum atomic E-state index is -0.347. The lowest BCUT2D eigenvalue weighted by molar-refractivity contribution is -0.0276. The Morgan fingerprint density at radius 2 is 1.55 bits per heavy atom. The third kappa shape index (κ3) is 2.80. The van der Waals surface area contributed by atoms with Crippen LogP contribution in [0, 0.1) is 10.8 Å². The van der Waals surface area contributed by atoms with Crippen molar-refractivity contribution in [2.75, 3.05) is 6.54 Å². The molecule has 0 saturated carbocycles. The Labute approximate surface area is 69.8 Å². The summed E-state index contributed by atoms with van der Waals surface area (Å²) in [7, 11) is 0. The molecule has 0 aliphatic heterocycles. The van der Waals surface area contributed by atoms with Crippen LogP contribution in [0.1, 0.15) is 34.6 Å². The summed E-state index contributed by atoms with van der Waals surface area (Å²) in [5.74, 6) is 0. The van der Waals surface area contributed by atoms with Gasteiger partial charge in [0.2, 0.25) is 0 Å². The summed E-state index contributed by atoms with van der Waals surface area (Å²) in [6.07, 6.45) is -0.347. The second kappa shape index (κ2) is 3.11. The first kappa shape index (κ1) is 10.9. The van der Waals surface area contributed by atoms with Gasteiger partial charge in [-0.1, -0.05) is 34.6 Å². The number of aliphatic hydroxyl groups is 1. The lowest BCUT2D eigenvalue weighted by atomic mass is 9.73. The molecule has 0 aliphatic carbocycles. The van der Waals surface area contributed by atoms with Gasteiger partial charge >= 0.3 is 0 Å². The van der Waals surface area contributed by atoms with Crippen LogP contribution >= 0.6 is 0 Å². The summed E-state index contributed by atoms with van der Waals surface area (Å²) in [5.41, 5.74) is 5.28. The van der Waals surface area contributed by atoms with E-state index in [2.05, 4.69) is 0 Å². The largest absolute Gasteiger partial charge is 0.392 e. The molecule has 0 amide bonds. The zero-order chi connectivity index (χ0) is 9.28. The normalized spacial score (nSPS) is 16.6. The van der Waals surface area contributed by atoms with E-state index in [1.807, 2.05) is 34.6 Å². The first-order valence-corrected chi connectivity index (χ1v) is 4.10. The fraction of sp³-hybridized carbons (Fsp3) is 1.00. The lowest BCUT2D eigenvalue weighted by Crippen LogP contribution is -2.44. The molecule has 0 spiro atoms. The van der Waals surface area contributed by atoms with E-state index in [0.29, 0.717) is 6.54 Å². The average molecular weight is 159 g/mol. The molecule has 68 valence electrons. The highest BCUT2D eigenvalue weighted by molar-refractivity contribution is 4.86. The van der Waals surface area contributed by atoms with Gasteiger partial charge in [0.05, 0.1) is 6.10 Å². The molecule has 11 heavy (non-hydrogen) atoms. The Balaban J connectivity index is 4.35. The van der Waals surface area contributed by atoms with E-state index in [4.69, 9.17) is 5.73 Å². The average Bonchev–Trinajstić information content (AvgIpc) is 1.84. The molecule has 0 saturated heterocycles. The van der Waals surface area contributed by atoms with Gasteiger partial charge in [-0.2, -0.15) is 0 Å². The van der Waals surface area contributed by atoms with Crippen LogP contribution in [-0.2, 0) is 0 Å². The Morgan fingerprint density at radius 3 is 1.64 bits per heavy atom. The summed E-state index contributed by atoms with van der Waals surface area (Å²) in [6, 6.07) is 0. The number of nitrogens with two attached hydrogens (primary N) is 1. The maximum absolute atomic E-state index is 9.83. The molecule has 0 heterocycles. The standard InChI is InChI=1S/C9H21NO/c1-8(2,3)7(11)9(4,5)6-10/h7,11H,6,10H2,1-5H3. The summed E-state index contributed by atoms with van der Waals surface area (Å²) >= 11 is 0. The highest BCUT2D eigenvalue weighted by atomic mass is 16.3. The number of rotatable bonds is 2. The Hall–Kier alpha value is -0.0800. The zero-order valence-electron chi connectivity index (χ0n) is 8.31. The van der Waals surface area contributed by atoms with Gasteiger partial charge in [-0.25, -0.2) is 0 Å². The van der Waals surface area contributed by atoms with Crippen molar-refractivity contribution in [3.63, 3.8) is 0 Å². The predicted octanol–water partition coefficient (Wildman–Crippen LogP) is 1.38. The fourth-order valence-corrected chi connectivity index (χ4v) is 1.28. The van der Waals surface area contributed by atoms with Crippen LogP contribution in [0.2, 0.25) is 0 Å². The van der Waals surface area contributed by atoms with Gasteiger partial charge in [0.1, 0.15) is 0 Å². The Bertz CT molecular complexity index is 124. The molecule has 1 unspecified atom stereocenters. The molecule has 2 heteroatoms. The molecule has 0 bridgehead atoms. The van der Waals surface area contributed by atoms with Gasteiger partial charge in [-0.3, -0.25) is 0 Å². The monoisotopic (exact) mass is 159 g/mol. The second-order valence-corrected chi connectivity index (χ2v) is 4.96. The van der Waals surface area contributed by atoms with Crippen LogP contribution in [-0.4, -0.2) is 17.8 Å². The third-order valence-electron chi connectivity index (χ3n) is 2.09. The van der Waals surface area contributed by atoms with E-state index in [1.165, 1.54) is 0 Å². The smallest absolute Gasteiger partial charge is 0.0651 e. The quantitative estimate of drug-likeness (QED) is 0.639. The van der Waals surface area contributed by atoms with E-state index >= 15 is 0 Å². The minimum absolute atomic E-state index is 0.0805. The number of hydrogen-bond acceptors (Lipinski definition) is 2. The van der Waals surface area contributed by atoms with Crippen LogP contribution < -0.4 is 5.73 Å². The number of hydrogen-bond donors (Lipinski definition) is 2. The summed E-state index contributed by atoms with van der Waals surface area (Å²) in [6.45, 7) is 10.6. The highest BCUT2D eigenvalue weighted by Crippen LogP contribution is 2.32. The molecule has 1 atom stereocenters. The molecule has 0 aromatic carbocycles. The van der Waals surface area contributed by atoms with Gasteiger partial charge in [0.25, 0.3) is 0 Å². The van der Waals surface area contributed by atoms with Gasteiger partial charge in [0.15, 0.2) is 0 Å². The van der Waals surface area contributed by atoms with Crippen LogP contribution in [0.4, 0.5) is 0 Å². The predicted molar refractivity (Wildman–Crippen MR) is 48.3 cm³/mol. The molecule has 2 nitrogen and oxygen atoms in total. The zero-order valence-corrected chi connectivity index (χ0v) is 8.31. The molecular formula is C9H21NO. The highest BCUT2D eigenvalue weighted by Gasteiger charge is 2.35. The van der Waals surface area contributed by atoms with Crippen molar-refractivity contribution in [2.24, 2.45) is 16.6 Å². The van der Waals surface area contributed by atoms with Crippen molar-refractivity contribution in [1.82, 2.24) is 0 Å². The van der Waals surface area contributed by atoms with Crippen molar-refractivity contribution in [1.29, 1.82) is 0 Å². The van der Waals surface area contributed by atoms with Crippen molar-refractivity contribution < 1.29 is 5.11 Å². The van der Waals surface area contributed by atoms with Gasteiger partial charge in [-0.15, -0.1) is 0 Å². The van der Waals surface area contributed by atoms with Gasteiger partial charge in [0, 0.05) is 5.41 Å². The maximum atomic E-state index is 9.83. The van der Waals surface area contributed by atoms with Crippen molar-refractivity contribution in [3.8, 4) is 0 Å². The fourth-order valence-electron chi connectivity index (χ4n) is 1.28. The van der Waals surface area contributed by atoms with Gasteiger partial charge < -0.3 is 10.8 Å². The summed E-state index contributed by atoms with van der Waals surface area (Å²) in [4.78, 5) is 0. The minimum Gasteiger partial charge on any atom is -0.392 e.